The van der Waals surface area contributed by atoms with E-state index in [2.05, 4.69) is 4.98 Å². The molecule has 1 spiro atoms. The van der Waals surface area contributed by atoms with Crippen molar-refractivity contribution in [3.8, 4) is 22.8 Å². The Morgan fingerprint density at radius 1 is 1.06 bits per heavy atom. The first-order valence-electron chi connectivity index (χ1n) is 10.9. The minimum Gasteiger partial charge on any atom is -0.481 e. The molecule has 2 fully saturated rings. The molecule has 32 heavy (non-hydrogen) atoms. The summed E-state index contributed by atoms with van der Waals surface area (Å²) in [6.45, 7) is 1.17. The number of aliphatic hydroxyl groups is 2. The van der Waals surface area contributed by atoms with Crippen LogP contribution in [-0.2, 0) is 21.7 Å². The van der Waals surface area contributed by atoms with Gasteiger partial charge >= 0.3 is 0 Å². The van der Waals surface area contributed by atoms with Crippen molar-refractivity contribution in [2.75, 3.05) is 20.3 Å². The zero-order valence-electron chi connectivity index (χ0n) is 18.0. The largest absolute Gasteiger partial charge is 0.481 e. The van der Waals surface area contributed by atoms with Crippen LogP contribution in [0.1, 0.15) is 36.9 Å². The molecule has 1 aliphatic heterocycles. The van der Waals surface area contributed by atoms with E-state index in [0.717, 1.165) is 22.5 Å². The molecule has 0 atom stereocenters. The van der Waals surface area contributed by atoms with E-state index in [-0.39, 0.29) is 6.61 Å². The SMILES string of the molecule is COc1ncccc1-c1cc(C2(O)CCC3(CC2)OCCO3)nn1-c1ccc(CO)cc1. The Balaban J connectivity index is 1.56. The highest BCUT2D eigenvalue weighted by Crippen LogP contribution is 2.45. The van der Waals surface area contributed by atoms with Crippen LogP contribution in [0.5, 0.6) is 5.88 Å². The molecule has 2 aliphatic rings. The molecule has 0 bridgehead atoms. The van der Waals surface area contributed by atoms with Gasteiger partial charge in [0.1, 0.15) is 5.60 Å². The smallest absolute Gasteiger partial charge is 0.222 e. The number of rotatable bonds is 5. The second kappa shape index (κ2) is 8.29. The second-order valence-corrected chi connectivity index (χ2v) is 8.35. The van der Waals surface area contributed by atoms with Gasteiger partial charge in [0.25, 0.3) is 0 Å². The highest BCUT2D eigenvalue weighted by molar-refractivity contribution is 5.68. The predicted octanol–water partition coefficient (Wildman–Crippen LogP) is 2.94. The maximum Gasteiger partial charge on any atom is 0.222 e. The number of ether oxygens (including phenoxy) is 3. The minimum absolute atomic E-state index is 0.0282. The second-order valence-electron chi connectivity index (χ2n) is 8.35. The van der Waals surface area contributed by atoms with Gasteiger partial charge in [-0.3, -0.25) is 0 Å². The van der Waals surface area contributed by atoms with Crippen molar-refractivity contribution in [2.45, 2.75) is 43.7 Å². The van der Waals surface area contributed by atoms with E-state index in [9.17, 15) is 10.2 Å². The Kier molecular flexibility index (Phi) is 5.46. The topological polar surface area (TPSA) is 98.9 Å². The fourth-order valence-electron chi connectivity index (χ4n) is 4.57. The Morgan fingerprint density at radius 3 is 2.44 bits per heavy atom. The molecule has 0 amide bonds. The highest BCUT2D eigenvalue weighted by Gasteiger charge is 2.47. The van der Waals surface area contributed by atoms with E-state index in [0.29, 0.717) is 50.5 Å². The number of hydrogen-bond acceptors (Lipinski definition) is 7. The molecule has 1 saturated carbocycles. The monoisotopic (exact) mass is 437 g/mol. The summed E-state index contributed by atoms with van der Waals surface area (Å²) in [5.74, 6) is -0.0841. The lowest BCUT2D eigenvalue weighted by atomic mass is 9.79. The summed E-state index contributed by atoms with van der Waals surface area (Å²) in [5, 5.41) is 25.8. The average Bonchev–Trinajstić information content (AvgIpc) is 3.50. The van der Waals surface area contributed by atoms with Crippen molar-refractivity contribution in [2.24, 2.45) is 0 Å². The van der Waals surface area contributed by atoms with Gasteiger partial charge < -0.3 is 24.4 Å². The third-order valence-corrected chi connectivity index (χ3v) is 6.44. The molecule has 168 valence electrons. The van der Waals surface area contributed by atoms with Crippen LogP contribution in [0.3, 0.4) is 0 Å². The number of aliphatic hydroxyl groups excluding tert-OH is 1. The van der Waals surface area contributed by atoms with Crippen molar-refractivity contribution >= 4 is 0 Å². The molecule has 5 rings (SSSR count). The third kappa shape index (κ3) is 3.69. The number of nitrogens with zero attached hydrogens (tertiary/aromatic N) is 3. The molecule has 3 heterocycles. The number of methoxy groups -OCH3 is 1. The molecule has 1 saturated heterocycles. The van der Waals surface area contributed by atoms with Gasteiger partial charge in [-0.1, -0.05) is 12.1 Å². The number of pyridine rings is 1. The molecular weight excluding hydrogens is 410 g/mol. The molecular formula is C24H27N3O5. The quantitative estimate of drug-likeness (QED) is 0.633. The molecule has 2 aromatic heterocycles. The summed E-state index contributed by atoms with van der Waals surface area (Å²) >= 11 is 0. The molecule has 1 aromatic carbocycles. The Labute approximate surface area is 186 Å². The summed E-state index contributed by atoms with van der Waals surface area (Å²) in [6, 6.07) is 13.2. The summed E-state index contributed by atoms with van der Waals surface area (Å²) < 4.78 is 18.9. The van der Waals surface area contributed by atoms with Crippen LogP contribution in [0.15, 0.2) is 48.7 Å². The lowest BCUT2D eigenvalue weighted by Crippen LogP contribution is -2.42. The summed E-state index contributed by atoms with van der Waals surface area (Å²) in [7, 11) is 1.58. The Hall–Kier alpha value is -2.78. The van der Waals surface area contributed by atoms with Crippen LogP contribution in [0.25, 0.3) is 16.9 Å². The van der Waals surface area contributed by atoms with E-state index in [4.69, 9.17) is 19.3 Å². The maximum atomic E-state index is 11.6. The van der Waals surface area contributed by atoms with Gasteiger partial charge in [0.15, 0.2) is 5.79 Å². The van der Waals surface area contributed by atoms with Gasteiger partial charge in [0.05, 0.1) is 49.6 Å². The van der Waals surface area contributed by atoms with Crippen molar-refractivity contribution in [3.05, 3.63) is 59.9 Å². The molecule has 3 aromatic rings. The van der Waals surface area contributed by atoms with E-state index in [1.54, 1.807) is 18.0 Å². The van der Waals surface area contributed by atoms with Crippen molar-refractivity contribution in [1.29, 1.82) is 0 Å². The average molecular weight is 437 g/mol. The molecule has 0 unspecified atom stereocenters. The number of hydrogen-bond donors (Lipinski definition) is 2. The minimum atomic E-state index is -1.08. The van der Waals surface area contributed by atoms with Crippen LogP contribution in [-0.4, -0.2) is 51.1 Å². The van der Waals surface area contributed by atoms with E-state index in [1.807, 2.05) is 42.5 Å². The first-order chi connectivity index (χ1) is 15.6. The summed E-state index contributed by atoms with van der Waals surface area (Å²) in [5.41, 5.74) is 2.68. The summed E-state index contributed by atoms with van der Waals surface area (Å²) in [6.07, 6.45) is 3.91. The van der Waals surface area contributed by atoms with E-state index < -0.39 is 11.4 Å². The number of benzene rings is 1. The van der Waals surface area contributed by atoms with Gasteiger partial charge in [0.2, 0.25) is 5.88 Å². The van der Waals surface area contributed by atoms with Crippen molar-refractivity contribution < 1.29 is 24.4 Å². The molecule has 8 heteroatoms. The molecule has 2 N–H and O–H groups in total. The van der Waals surface area contributed by atoms with Crippen LogP contribution >= 0.6 is 0 Å². The van der Waals surface area contributed by atoms with Crippen LogP contribution < -0.4 is 4.74 Å². The highest BCUT2D eigenvalue weighted by atomic mass is 16.7. The van der Waals surface area contributed by atoms with Gasteiger partial charge in [0, 0.05) is 19.0 Å². The zero-order valence-corrected chi connectivity index (χ0v) is 18.0. The normalized spacial score (nSPS) is 19.3. The van der Waals surface area contributed by atoms with E-state index >= 15 is 0 Å². The molecule has 8 nitrogen and oxygen atoms in total. The first kappa shape index (κ1) is 21.1. The molecule has 1 aliphatic carbocycles. The maximum absolute atomic E-state index is 11.6. The van der Waals surface area contributed by atoms with Crippen molar-refractivity contribution in [1.82, 2.24) is 14.8 Å². The molecule has 0 radical (unpaired) electrons. The number of aromatic nitrogens is 3. The predicted molar refractivity (Wildman–Crippen MR) is 116 cm³/mol. The van der Waals surface area contributed by atoms with Gasteiger partial charge in [-0.25, -0.2) is 9.67 Å². The van der Waals surface area contributed by atoms with E-state index in [1.165, 1.54) is 0 Å². The first-order valence-corrected chi connectivity index (χ1v) is 10.9. The van der Waals surface area contributed by atoms with Gasteiger partial charge in [-0.15, -0.1) is 0 Å². The van der Waals surface area contributed by atoms with Gasteiger partial charge in [-0.05, 0) is 48.7 Å². The lowest BCUT2D eigenvalue weighted by Gasteiger charge is -2.39. The van der Waals surface area contributed by atoms with Crippen molar-refractivity contribution in [3.63, 3.8) is 0 Å². The Morgan fingerprint density at radius 2 is 1.78 bits per heavy atom. The fourth-order valence-corrected chi connectivity index (χ4v) is 4.57. The Bertz CT molecular complexity index is 1080. The standard InChI is InChI=1S/C24H27N3O5/c1-30-22-19(3-2-12-25-22)20-15-21(26-27(20)18-6-4-17(16-28)5-7-18)23(29)8-10-24(11-9-23)31-13-14-32-24/h2-7,12,15,28-29H,8-11,13-14,16H2,1H3. The van der Waals surface area contributed by atoms with Crippen LogP contribution in [0.2, 0.25) is 0 Å². The zero-order chi connectivity index (χ0) is 22.2. The lowest BCUT2D eigenvalue weighted by molar-refractivity contribution is -0.204. The van der Waals surface area contributed by atoms with Crippen LogP contribution in [0.4, 0.5) is 0 Å². The van der Waals surface area contributed by atoms with Crippen LogP contribution in [0, 0.1) is 0 Å². The third-order valence-electron chi connectivity index (χ3n) is 6.44. The fraction of sp³-hybridized carbons (Fsp3) is 0.417. The summed E-state index contributed by atoms with van der Waals surface area (Å²) in [4.78, 5) is 4.33. The van der Waals surface area contributed by atoms with Gasteiger partial charge in [-0.2, -0.15) is 5.10 Å².